The molecule has 0 fully saturated rings. The van der Waals surface area contributed by atoms with E-state index in [0.29, 0.717) is 19.6 Å². The molecule has 0 rings (SSSR count). The second kappa shape index (κ2) is 20.9. The van der Waals surface area contributed by atoms with Gasteiger partial charge in [0.2, 0.25) is 0 Å². The summed E-state index contributed by atoms with van der Waals surface area (Å²) in [5.41, 5.74) is -0.626. The predicted octanol–water partition coefficient (Wildman–Crippen LogP) is 4.51. The molecule has 0 aromatic heterocycles. The van der Waals surface area contributed by atoms with Crippen LogP contribution >= 0.6 is 0 Å². The average Bonchev–Trinajstić information content (AvgIpc) is 2.78. The highest BCUT2D eigenvalue weighted by molar-refractivity contribution is 5.80. The van der Waals surface area contributed by atoms with Gasteiger partial charge in [-0.1, -0.05) is 26.2 Å². The number of nitrogens with zero attached hydrogens (tertiary/aromatic N) is 1. The van der Waals surface area contributed by atoms with Crippen molar-refractivity contribution < 1.29 is 38.1 Å². The standard InChI is InChI=1S/C17H29NO4.C8H14O4/c1-5-8-9-10-17(4,13-18)12-14(16(20)22-7-3)11-15(19)21-6-2;1-3-11-7(9)5-6-8(10)12-4-2/h14H,5-12H2,1-4H3;3-6H2,1-2H3. The number of hydrogen-bond acceptors (Lipinski definition) is 9. The fourth-order valence-electron chi connectivity index (χ4n) is 3.10. The number of carbonyl (C=O) groups excluding carboxylic acids is 4. The topological polar surface area (TPSA) is 129 Å². The van der Waals surface area contributed by atoms with Gasteiger partial charge in [-0.05, 0) is 47.5 Å². The maximum atomic E-state index is 12.1. The van der Waals surface area contributed by atoms with Gasteiger partial charge in [0.15, 0.2) is 0 Å². The van der Waals surface area contributed by atoms with Crippen LogP contribution in [0.15, 0.2) is 0 Å². The lowest BCUT2D eigenvalue weighted by Crippen LogP contribution is -2.28. The summed E-state index contributed by atoms with van der Waals surface area (Å²) in [6.45, 7) is 12.1. The van der Waals surface area contributed by atoms with E-state index in [1.807, 2.05) is 6.92 Å². The summed E-state index contributed by atoms with van der Waals surface area (Å²) in [5, 5.41) is 9.46. The zero-order chi connectivity index (χ0) is 26.4. The second-order valence-electron chi connectivity index (χ2n) is 7.90. The van der Waals surface area contributed by atoms with E-state index in [9.17, 15) is 24.4 Å². The minimum atomic E-state index is -0.626. The van der Waals surface area contributed by atoms with Gasteiger partial charge in [0, 0.05) is 0 Å². The molecule has 0 bridgehead atoms. The number of nitriles is 1. The molecule has 9 heteroatoms. The van der Waals surface area contributed by atoms with E-state index in [0.717, 1.165) is 25.7 Å². The van der Waals surface area contributed by atoms with E-state index >= 15 is 0 Å². The zero-order valence-electron chi connectivity index (χ0n) is 21.8. The number of unbranched alkanes of at least 4 members (excludes halogenated alkanes) is 2. The molecule has 2 unspecified atom stereocenters. The number of ether oxygens (including phenoxy) is 4. The van der Waals surface area contributed by atoms with Crippen LogP contribution in [0.4, 0.5) is 0 Å². The summed E-state index contributed by atoms with van der Waals surface area (Å²) in [7, 11) is 0. The Kier molecular flexibility index (Phi) is 20.7. The van der Waals surface area contributed by atoms with Crippen molar-refractivity contribution in [3.8, 4) is 6.07 Å². The highest BCUT2D eigenvalue weighted by Crippen LogP contribution is 2.33. The van der Waals surface area contributed by atoms with Gasteiger partial charge < -0.3 is 18.9 Å². The molecule has 0 saturated carbocycles. The number of esters is 4. The van der Waals surface area contributed by atoms with Gasteiger partial charge in [-0.15, -0.1) is 0 Å². The maximum absolute atomic E-state index is 12.1. The minimum Gasteiger partial charge on any atom is -0.466 e. The molecule has 0 amide bonds. The normalized spacial score (nSPS) is 12.6. The lowest BCUT2D eigenvalue weighted by Gasteiger charge is -2.26. The Morgan fingerprint density at radius 2 is 1.24 bits per heavy atom. The first-order chi connectivity index (χ1) is 16.1. The van der Waals surface area contributed by atoms with Gasteiger partial charge >= 0.3 is 23.9 Å². The zero-order valence-corrected chi connectivity index (χ0v) is 21.8. The van der Waals surface area contributed by atoms with Crippen LogP contribution in [0.3, 0.4) is 0 Å². The Morgan fingerprint density at radius 1 is 0.765 bits per heavy atom. The highest BCUT2D eigenvalue weighted by Gasteiger charge is 2.34. The highest BCUT2D eigenvalue weighted by atomic mass is 16.5. The van der Waals surface area contributed by atoms with Crippen molar-refractivity contribution in [2.24, 2.45) is 11.3 Å². The Bertz CT molecular complexity index is 625. The van der Waals surface area contributed by atoms with E-state index in [2.05, 4.69) is 22.5 Å². The first-order valence-electron chi connectivity index (χ1n) is 12.2. The third-order valence-electron chi connectivity index (χ3n) is 4.78. The smallest absolute Gasteiger partial charge is 0.309 e. The fraction of sp³-hybridized carbons (Fsp3) is 0.800. The van der Waals surface area contributed by atoms with Crippen molar-refractivity contribution in [1.29, 1.82) is 5.26 Å². The average molecular weight is 486 g/mol. The fourth-order valence-corrected chi connectivity index (χ4v) is 3.10. The molecule has 0 spiro atoms. The van der Waals surface area contributed by atoms with E-state index in [4.69, 9.17) is 9.47 Å². The molecule has 0 aromatic carbocycles. The molecular formula is C25H43NO8. The summed E-state index contributed by atoms with van der Waals surface area (Å²) in [4.78, 5) is 45.2. The third-order valence-corrected chi connectivity index (χ3v) is 4.78. The monoisotopic (exact) mass is 485 g/mol. The van der Waals surface area contributed by atoms with Crippen molar-refractivity contribution in [2.75, 3.05) is 26.4 Å². The van der Waals surface area contributed by atoms with Crippen LogP contribution in [0.1, 0.15) is 92.9 Å². The quantitative estimate of drug-likeness (QED) is 0.176. The van der Waals surface area contributed by atoms with Gasteiger partial charge in [-0.2, -0.15) is 5.26 Å². The second-order valence-corrected chi connectivity index (χ2v) is 7.90. The van der Waals surface area contributed by atoms with Crippen molar-refractivity contribution in [3.63, 3.8) is 0 Å². The molecule has 196 valence electrons. The summed E-state index contributed by atoms with van der Waals surface area (Å²) in [6, 6.07) is 2.31. The van der Waals surface area contributed by atoms with E-state index < -0.39 is 23.3 Å². The Morgan fingerprint density at radius 3 is 1.65 bits per heavy atom. The van der Waals surface area contributed by atoms with Crippen molar-refractivity contribution in [2.45, 2.75) is 92.9 Å². The Hall–Kier alpha value is -2.63. The molecule has 9 nitrogen and oxygen atoms in total. The van der Waals surface area contributed by atoms with Crippen molar-refractivity contribution in [3.05, 3.63) is 0 Å². The van der Waals surface area contributed by atoms with Crippen LogP contribution in [-0.4, -0.2) is 50.3 Å². The van der Waals surface area contributed by atoms with Gasteiger partial charge in [-0.3, -0.25) is 19.2 Å². The molecule has 0 heterocycles. The molecule has 0 aliphatic heterocycles. The van der Waals surface area contributed by atoms with Gasteiger partial charge in [0.25, 0.3) is 0 Å². The van der Waals surface area contributed by atoms with Gasteiger partial charge in [-0.25, -0.2) is 0 Å². The molecule has 0 radical (unpaired) electrons. The van der Waals surface area contributed by atoms with Crippen LogP contribution in [0.2, 0.25) is 0 Å². The minimum absolute atomic E-state index is 0.0300. The van der Waals surface area contributed by atoms with E-state index in [-0.39, 0.29) is 44.4 Å². The summed E-state index contributed by atoms with van der Waals surface area (Å²) in [5.74, 6) is -2.18. The number of carbonyl (C=O) groups is 4. The van der Waals surface area contributed by atoms with Crippen LogP contribution < -0.4 is 0 Å². The van der Waals surface area contributed by atoms with Crippen LogP contribution in [0.25, 0.3) is 0 Å². The largest absolute Gasteiger partial charge is 0.466 e. The molecule has 2 atom stereocenters. The molecule has 0 saturated heterocycles. The molecule has 0 aliphatic carbocycles. The molecule has 0 N–H and O–H groups in total. The maximum Gasteiger partial charge on any atom is 0.309 e. The molecule has 34 heavy (non-hydrogen) atoms. The Labute approximate surface area is 204 Å². The summed E-state index contributed by atoms with van der Waals surface area (Å²) < 4.78 is 19.2. The lowest BCUT2D eigenvalue weighted by atomic mass is 9.77. The van der Waals surface area contributed by atoms with E-state index in [1.54, 1.807) is 27.7 Å². The predicted molar refractivity (Wildman–Crippen MR) is 126 cm³/mol. The van der Waals surface area contributed by atoms with Crippen molar-refractivity contribution in [1.82, 2.24) is 0 Å². The molecule has 0 aromatic rings. The summed E-state index contributed by atoms with van der Waals surface area (Å²) >= 11 is 0. The first-order valence-corrected chi connectivity index (χ1v) is 12.2. The van der Waals surface area contributed by atoms with Crippen LogP contribution in [-0.2, 0) is 38.1 Å². The number of rotatable bonds is 16. The lowest BCUT2D eigenvalue weighted by molar-refractivity contribution is -0.155. The Balaban J connectivity index is 0. The SMILES string of the molecule is CCCCCC(C)(C#N)CC(CC(=O)OCC)C(=O)OCC.CCOC(=O)CCC(=O)OCC. The van der Waals surface area contributed by atoms with E-state index in [1.165, 1.54) is 0 Å². The first kappa shape index (κ1) is 33.5. The van der Waals surface area contributed by atoms with Gasteiger partial charge in [0.1, 0.15) is 0 Å². The van der Waals surface area contributed by atoms with Crippen LogP contribution in [0, 0.1) is 22.7 Å². The molecule has 0 aliphatic rings. The summed E-state index contributed by atoms with van der Waals surface area (Å²) in [6.07, 6.45) is 4.29. The number of hydrogen-bond donors (Lipinski definition) is 0. The molecular weight excluding hydrogens is 442 g/mol. The van der Waals surface area contributed by atoms with Gasteiger partial charge in [0.05, 0.1) is 63.1 Å². The third kappa shape index (κ3) is 17.9. The van der Waals surface area contributed by atoms with Crippen molar-refractivity contribution >= 4 is 23.9 Å². The van der Waals surface area contributed by atoms with Crippen LogP contribution in [0.5, 0.6) is 0 Å².